The third-order valence-electron chi connectivity index (χ3n) is 8.04. The molecule has 0 aliphatic heterocycles. The predicted octanol–water partition coefficient (Wildman–Crippen LogP) is 32.8. The van der Waals surface area contributed by atoms with Crippen molar-refractivity contribution in [3.63, 3.8) is 0 Å². The predicted molar refractivity (Wildman–Crippen MR) is 441 cm³/mol. The molecule has 0 bridgehead atoms. The van der Waals surface area contributed by atoms with Crippen LogP contribution in [0.4, 0.5) is 0 Å². The van der Waals surface area contributed by atoms with Crippen molar-refractivity contribution in [1.29, 1.82) is 0 Å². The van der Waals surface area contributed by atoms with Gasteiger partial charge in [0, 0.05) is 21.1 Å². The molecule has 5 aliphatic carbocycles. The van der Waals surface area contributed by atoms with E-state index in [0.717, 1.165) is 30.4 Å². The number of hydrogen-bond donors (Lipinski definition) is 0. The minimum absolute atomic E-state index is 0. The third-order valence-corrected chi connectivity index (χ3v) is 8.04. The Labute approximate surface area is 652 Å². The van der Waals surface area contributed by atoms with Crippen LogP contribution in [0.25, 0.3) is 6.08 Å². The molecule has 0 saturated carbocycles. The Morgan fingerprint density at radius 2 is 0.606 bits per heavy atom. The minimum Gasteiger partial charge on any atom is -0.394 e. The van der Waals surface area contributed by atoms with Gasteiger partial charge in [0.15, 0.2) is 0 Å². The molecule has 5 aliphatic rings. The molecule has 0 fully saturated rings. The normalized spacial score (nSPS) is 8.97. The number of rotatable bonds is 2. The maximum absolute atomic E-state index is 4.72. The monoisotopic (exact) mass is 1710 g/mol. The Balaban J connectivity index is -0.0000000318. The Morgan fingerprint density at radius 1 is 0.330 bits per heavy atom. The standard InChI is InChI=1S/C9H8.C8H10.2C7H8.2C6H6.C5H6.2C4H4.17C2H6.2V.2W/c1-2-5-9-7-3-6-8(9)4-1;1-3-7-5-2-6-8(7)4-1;1-6-4-3-5-7(6)2;1-7-5-3-2-4-6-7;2*1-2-4-6-5-3-1;1-2-4-5-3-1;2*1-3-4-2;17*1-2;;;;/h1-6H,7H2;1,3H,2,4-6H2;3-4H,1-2,5H2;2-6H,1H3;2*1-6H;1-4H,5H2;2*1-4H;17*1-2H3;;;;/q;;-2;;;;;2*-2;;;;;;;;;;;;;;;;;;2*+2;;+2. The maximum atomic E-state index is 4.72. The molecule has 94 heavy (non-hydrogen) atoms. The summed E-state index contributed by atoms with van der Waals surface area (Å²) in [5.74, 6) is 0. The minimum atomic E-state index is 0. The Hall–Kier alpha value is -3.69. The molecular weight excluding hydrogens is 1550 g/mol. The summed E-state index contributed by atoms with van der Waals surface area (Å²) < 4.78 is 0. The van der Waals surface area contributed by atoms with Crippen LogP contribution in [0.5, 0.6) is 0 Å². The average Bonchev–Trinajstić information content (AvgIpc) is 2.05. The summed E-state index contributed by atoms with van der Waals surface area (Å²) in [4.78, 5) is 0. The van der Waals surface area contributed by atoms with E-state index in [0.29, 0.717) is 0 Å². The summed E-state index contributed by atoms with van der Waals surface area (Å²) in [6, 6.07) is 42.8. The topological polar surface area (TPSA) is 0 Å². The van der Waals surface area contributed by atoms with Gasteiger partial charge in [-0.2, -0.15) is 6.08 Å². The number of benzene rings is 4. The molecule has 0 aromatic heterocycles. The molecule has 2 radical (unpaired) electrons. The van der Waals surface area contributed by atoms with Crippen LogP contribution in [0.3, 0.4) is 0 Å². The largest absolute Gasteiger partial charge is 2.00 e. The Kier molecular flexibility index (Phi) is 316. The zero-order chi connectivity index (χ0) is 74.7. The van der Waals surface area contributed by atoms with E-state index in [2.05, 4.69) is 112 Å². The van der Waals surface area contributed by atoms with E-state index in [1.165, 1.54) is 66.7 Å². The second kappa shape index (κ2) is 198. The molecule has 0 nitrogen and oxygen atoms in total. The van der Waals surface area contributed by atoms with Crippen LogP contribution in [0, 0.1) is 47.1 Å². The zero-order valence-electron chi connectivity index (χ0n) is 69.1. The average molecular weight is 1710 g/mol. The van der Waals surface area contributed by atoms with Crippen molar-refractivity contribution >= 4 is 6.08 Å². The summed E-state index contributed by atoms with van der Waals surface area (Å²) in [7, 11) is 0. The fourth-order valence-electron chi connectivity index (χ4n) is 5.09. The van der Waals surface area contributed by atoms with E-state index < -0.39 is 0 Å². The first-order valence-electron chi connectivity index (χ1n) is 36.1. The van der Waals surface area contributed by atoms with Gasteiger partial charge in [0.2, 0.25) is 0 Å². The van der Waals surface area contributed by atoms with Gasteiger partial charge in [-0.25, -0.2) is 0 Å². The van der Waals surface area contributed by atoms with E-state index >= 15 is 0 Å². The summed E-state index contributed by atoms with van der Waals surface area (Å²) in [6.07, 6.45) is 35.2. The van der Waals surface area contributed by atoms with Crippen molar-refractivity contribution < 1.29 is 79.2 Å². The van der Waals surface area contributed by atoms with Gasteiger partial charge >= 0.3 is 58.2 Å². The van der Waals surface area contributed by atoms with Crippen molar-refractivity contribution in [2.24, 2.45) is 0 Å². The maximum Gasteiger partial charge on any atom is 2.00 e. The van der Waals surface area contributed by atoms with E-state index in [1.54, 1.807) is 11.1 Å². The molecule has 4 aromatic rings. The van der Waals surface area contributed by atoms with E-state index in [-0.39, 0.29) is 79.2 Å². The van der Waals surface area contributed by atoms with E-state index in [1.807, 2.05) is 332 Å². The van der Waals surface area contributed by atoms with Crippen LogP contribution in [0.2, 0.25) is 0 Å². The number of hydrogen-bond acceptors (Lipinski definition) is 0. The van der Waals surface area contributed by atoms with E-state index in [9.17, 15) is 0 Å². The molecule has 0 N–H and O–H groups in total. The molecule has 0 unspecified atom stereocenters. The van der Waals surface area contributed by atoms with Crippen molar-refractivity contribution in [2.45, 2.75) is 287 Å². The van der Waals surface area contributed by atoms with Crippen LogP contribution >= 0.6 is 0 Å². The van der Waals surface area contributed by atoms with Gasteiger partial charge in [0.25, 0.3) is 0 Å². The zero-order valence-corrected chi connectivity index (χ0v) is 77.8. The summed E-state index contributed by atoms with van der Waals surface area (Å²) in [6.45, 7) is 96.5. The van der Waals surface area contributed by atoms with Crippen LogP contribution in [0.1, 0.15) is 291 Å². The Bertz CT molecular complexity index is 1730. The number of allylic oxidation sites excluding steroid dienone is 17. The molecule has 0 saturated heterocycles. The molecule has 0 heterocycles. The van der Waals surface area contributed by atoms with Crippen molar-refractivity contribution in [1.82, 2.24) is 0 Å². The van der Waals surface area contributed by atoms with E-state index in [4.69, 9.17) is 26.3 Å². The molecule has 0 amide bonds. The fourth-order valence-corrected chi connectivity index (χ4v) is 5.09. The SMILES string of the molecule is C1=CC2=C(C1)CCC2.C1=CCC=C1.C1=Cc2ccccc2C1.CC.CC.CC.CC.CC.CC.CC.CC.CC.CC.CC.CC.CC.CC.CC.CC.CC.Cc1ccccc1.[CH-]=CC=[CH-].[CH-]=CC=[CH-].[CH2-]C1=C([CH2-])CC=C1.[V+2].[V+2].[W+2].[W].c1ccccc1.c1ccccc1. The Morgan fingerprint density at radius 3 is 0.819 bits per heavy atom. The quantitative estimate of drug-likeness (QED) is 0.139. The van der Waals surface area contributed by atoms with Gasteiger partial charge in [-0.15, -0.1) is 0 Å². The molecule has 4 heteroatoms. The first-order valence-corrected chi connectivity index (χ1v) is 36.1. The van der Waals surface area contributed by atoms with Crippen LogP contribution in [0.15, 0.2) is 229 Å². The first-order chi connectivity index (χ1) is 44.5. The van der Waals surface area contributed by atoms with Gasteiger partial charge in [-0.3, -0.25) is 19.9 Å². The summed E-state index contributed by atoms with van der Waals surface area (Å²) in [5.41, 5.74) is 9.76. The van der Waals surface area contributed by atoms with Gasteiger partial charge in [0.1, 0.15) is 0 Å². The van der Waals surface area contributed by atoms with Crippen LogP contribution in [-0.4, -0.2) is 0 Å². The first kappa shape index (κ1) is 150. The molecule has 544 valence electrons. The van der Waals surface area contributed by atoms with Crippen molar-refractivity contribution in [3.8, 4) is 0 Å². The van der Waals surface area contributed by atoms with Crippen LogP contribution in [-0.2, 0) is 85.7 Å². The second-order valence-electron chi connectivity index (χ2n) is 12.5. The summed E-state index contributed by atoms with van der Waals surface area (Å²) >= 11 is 0. The van der Waals surface area contributed by atoms with Crippen molar-refractivity contribution in [3.05, 3.63) is 286 Å². The number of fused-ring (bicyclic) bond motifs is 1. The smallest absolute Gasteiger partial charge is 0.394 e. The molecular formula is C90H162V2W2. The van der Waals surface area contributed by atoms with Crippen LogP contribution < -0.4 is 0 Å². The fraction of sp³-hybridized carbons (Fsp3) is 0.467. The van der Waals surface area contributed by atoms with Crippen molar-refractivity contribution in [2.75, 3.05) is 0 Å². The molecule has 4 aromatic carbocycles. The number of aryl methyl sites for hydroxylation is 1. The van der Waals surface area contributed by atoms with Gasteiger partial charge < -0.3 is 61.8 Å². The molecule has 0 atom stereocenters. The van der Waals surface area contributed by atoms with Gasteiger partial charge in [-0.05, 0) is 62.1 Å². The summed E-state index contributed by atoms with van der Waals surface area (Å²) in [5, 5.41) is 0. The molecule has 9 rings (SSSR count). The second-order valence-corrected chi connectivity index (χ2v) is 12.5. The molecule has 0 spiro atoms. The third kappa shape index (κ3) is 153. The van der Waals surface area contributed by atoms with Gasteiger partial charge in [0.05, 0.1) is 0 Å². The van der Waals surface area contributed by atoms with Gasteiger partial charge in [-0.1, -0.05) is 429 Å².